The number of carbonyl (C=O) groups excluding carboxylic acids is 1. The fourth-order valence-corrected chi connectivity index (χ4v) is 1.29. The minimum Gasteiger partial charge on any atom is -0.351 e. The highest BCUT2D eigenvalue weighted by molar-refractivity contribution is 6.30. The summed E-state index contributed by atoms with van der Waals surface area (Å²) in [6, 6.07) is 4.24. The first-order chi connectivity index (χ1) is 7.13. The van der Waals surface area contributed by atoms with Crippen molar-refractivity contribution in [3.63, 3.8) is 0 Å². The number of nitrogens with one attached hydrogen (secondary N) is 2. The third-order valence-corrected chi connectivity index (χ3v) is 2.06. The summed E-state index contributed by atoms with van der Waals surface area (Å²) in [6.45, 7) is 0.356. The maximum absolute atomic E-state index is 13.2. The van der Waals surface area contributed by atoms with Crippen molar-refractivity contribution in [1.82, 2.24) is 10.6 Å². The van der Waals surface area contributed by atoms with Crippen molar-refractivity contribution in [1.29, 1.82) is 0 Å². The molecule has 3 nitrogen and oxygen atoms in total. The molecular weight excluding hydrogens is 219 g/mol. The molecule has 1 rings (SSSR count). The molecule has 0 aromatic heterocycles. The Balaban J connectivity index is 2.57. The molecule has 0 bridgehead atoms. The number of carbonyl (C=O) groups is 1. The number of rotatable bonds is 4. The molecule has 0 fully saturated rings. The van der Waals surface area contributed by atoms with Crippen molar-refractivity contribution in [3.05, 3.63) is 34.6 Å². The number of hydrogen-bond donors (Lipinski definition) is 2. The van der Waals surface area contributed by atoms with E-state index in [1.165, 1.54) is 18.2 Å². The predicted molar refractivity (Wildman–Crippen MR) is 57.2 cm³/mol. The lowest BCUT2D eigenvalue weighted by Gasteiger charge is -2.06. The number of hydrogen-bond acceptors (Lipinski definition) is 2. The molecule has 2 N–H and O–H groups in total. The van der Waals surface area contributed by atoms with Gasteiger partial charge in [-0.1, -0.05) is 11.6 Å². The van der Waals surface area contributed by atoms with Crippen LogP contribution >= 0.6 is 11.6 Å². The van der Waals surface area contributed by atoms with Crippen LogP contribution in [-0.2, 0) is 11.3 Å². The van der Waals surface area contributed by atoms with Crippen molar-refractivity contribution in [2.24, 2.45) is 0 Å². The summed E-state index contributed by atoms with van der Waals surface area (Å²) < 4.78 is 13.2. The van der Waals surface area contributed by atoms with E-state index in [1.54, 1.807) is 7.05 Å². The molecular formula is C10H12ClFN2O. The summed E-state index contributed by atoms with van der Waals surface area (Å²) in [4.78, 5) is 11.1. The molecule has 0 spiro atoms. The van der Waals surface area contributed by atoms with Crippen molar-refractivity contribution >= 4 is 17.5 Å². The van der Waals surface area contributed by atoms with Crippen molar-refractivity contribution in [2.75, 3.05) is 13.6 Å². The number of benzene rings is 1. The molecule has 82 valence electrons. The highest BCUT2D eigenvalue weighted by atomic mass is 35.5. The monoisotopic (exact) mass is 230 g/mol. The number of halogens is 2. The second-order valence-corrected chi connectivity index (χ2v) is 3.48. The van der Waals surface area contributed by atoms with Gasteiger partial charge < -0.3 is 10.6 Å². The normalized spacial score (nSPS) is 10.1. The standard InChI is InChI=1S/C10H12ClFN2O/c1-13-6-10(15)14-5-7-4-8(11)2-3-9(7)12/h2-4,13H,5-6H2,1H3,(H,14,15). The van der Waals surface area contributed by atoms with Crippen LogP contribution in [0.1, 0.15) is 5.56 Å². The fourth-order valence-electron chi connectivity index (χ4n) is 1.10. The zero-order valence-electron chi connectivity index (χ0n) is 8.31. The summed E-state index contributed by atoms with van der Waals surface area (Å²) in [5.41, 5.74) is 0.381. The second kappa shape index (κ2) is 5.68. The van der Waals surface area contributed by atoms with Crippen LogP contribution in [0.5, 0.6) is 0 Å². The van der Waals surface area contributed by atoms with E-state index in [4.69, 9.17) is 11.6 Å². The van der Waals surface area contributed by atoms with Crippen LogP contribution in [0, 0.1) is 5.82 Å². The summed E-state index contributed by atoms with van der Waals surface area (Å²) in [6.07, 6.45) is 0. The maximum Gasteiger partial charge on any atom is 0.234 e. The Morgan fingerprint density at radius 1 is 1.53 bits per heavy atom. The van der Waals surface area contributed by atoms with Gasteiger partial charge in [0, 0.05) is 17.1 Å². The molecule has 1 aromatic carbocycles. The van der Waals surface area contributed by atoms with Crippen LogP contribution in [-0.4, -0.2) is 19.5 Å². The predicted octanol–water partition coefficient (Wildman–Crippen LogP) is 1.31. The third-order valence-electron chi connectivity index (χ3n) is 1.82. The maximum atomic E-state index is 13.2. The van der Waals surface area contributed by atoms with E-state index in [-0.39, 0.29) is 24.8 Å². The minimum atomic E-state index is -0.371. The molecule has 0 aliphatic rings. The zero-order chi connectivity index (χ0) is 11.3. The average Bonchev–Trinajstić information content (AvgIpc) is 2.20. The van der Waals surface area contributed by atoms with Crippen LogP contribution in [0.4, 0.5) is 4.39 Å². The molecule has 0 radical (unpaired) electrons. The second-order valence-electron chi connectivity index (χ2n) is 3.04. The Morgan fingerprint density at radius 3 is 2.93 bits per heavy atom. The van der Waals surface area contributed by atoms with E-state index >= 15 is 0 Å². The molecule has 5 heteroatoms. The average molecular weight is 231 g/mol. The number of likely N-dealkylation sites (N-methyl/N-ethyl adjacent to an activating group) is 1. The van der Waals surface area contributed by atoms with Gasteiger partial charge in [-0.2, -0.15) is 0 Å². The van der Waals surface area contributed by atoms with Gasteiger partial charge in [-0.25, -0.2) is 4.39 Å². The van der Waals surface area contributed by atoms with E-state index in [2.05, 4.69) is 10.6 Å². The quantitative estimate of drug-likeness (QED) is 0.819. The Bertz CT molecular complexity index is 357. The molecule has 0 saturated carbocycles. The SMILES string of the molecule is CNCC(=O)NCc1cc(Cl)ccc1F. The van der Waals surface area contributed by atoms with E-state index in [0.29, 0.717) is 10.6 Å². The van der Waals surface area contributed by atoms with E-state index in [1.807, 2.05) is 0 Å². The van der Waals surface area contributed by atoms with Crippen LogP contribution in [0.25, 0.3) is 0 Å². The van der Waals surface area contributed by atoms with E-state index < -0.39 is 0 Å². The Morgan fingerprint density at radius 2 is 2.27 bits per heavy atom. The minimum absolute atomic E-state index is 0.146. The lowest BCUT2D eigenvalue weighted by molar-refractivity contribution is -0.120. The van der Waals surface area contributed by atoms with Crippen molar-refractivity contribution in [2.45, 2.75) is 6.54 Å². The van der Waals surface area contributed by atoms with Crippen molar-refractivity contribution < 1.29 is 9.18 Å². The van der Waals surface area contributed by atoms with Gasteiger partial charge in [0.1, 0.15) is 5.82 Å². The van der Waals surface area contributed by atoms with Gasteiger partial charge in [-0.3, -0.25) is 4.79 Å². The summed E-state index contributed by atoms with van der Waals surface area (Å²) in [5.74, 6) is -0.555. The lowest BCUT2D eigenvalue weighted by atomic mass is 10.2. The first-order valence-corrected chi connectivity index (χ1v) is 4.86. The molecule has 1 aromatic rings. The van der Waals surface area contributed by atoms with Gasteiger partial charge in [0.05, 0.1) is 6.54 Å². The molecule has 1 amide bonds. The van der Waals surface area contributed by atoms with E-state index in [9.17, 15) is 9.18 Å². The first-order valence-electron chi connectivity index (χ1n) is 4.48. The van der Waals surface area contributed by atoms with E-state index in [0.717, 1.165) is 0 Å². The molecule has 0 atom stereocenters. The van der Waals surface area contributed by atoms with Gasteiger partial charge in [-0.05, 0) is 25.2 Å². The number of amides is 1. The van der Waals surface area contributed by atoms with Gasteiger partial charge in [0.25, 0.3) is 0 Å². The highest BCUT2D eigenvalue weighted by Gasteiger charge is 2.04. The molecule has 0 heterocycles. The van der Waals surface area contributed by atoms with Gasteiger partial charge >= 0.3 is 0 Å². The Hall–Kier alpha value is -1.13. The molecule has 0 aliphatic carbocycles. The summed E-state index contributed by atoms with van der Waals surface area (Å²) in [5, 5.41) is 5.72. The smallest absolute Gasteiger partial charge is 0.234 e. The molecule has 0 saturated heterocycles. The fraction of sp³-hybridized carbons (Fsp3) is 0.300. The highest BCUT2D eigenvalue weighted by Crippen LogP contribution is 2.14. The van der Waals surface area contributed by atoms with Crippen LogP contribution < -0.4 is 10.6 Å². The first kappa shape index (κ1) is 11.9. The topological polar surface area (TPSA) is 41.1 Å². The lowest BCUT2D eigenvalue weighted by Crippen LogP contribution is -2.31. The molecule has 0 unspecified atom stereocenters. The van der Waals surface area contributed by atoms with Gasteiger partial charge in [0.15, 0.2) is 0 Å². The third kappa shape index (κ3) is 3.85. The van der Waals surface area contributed by atoms with Crippen LogP contribution in [0.15, 0.2) is 18.2 Å². The van der Waals surface area contributed by atoms with Crippen molar-refractivity contribution in [3.8, 4) is 0 Å². The largest absolute Gasteiger partial charge is 0.351 e. The summed E-state index contributed by atoms with van der Waals surface area (Å²) >= 11 is 5.70. The zero-order valence-corrected chi connectivity index (χ0v) is 9.07. The van der Waals surface area contributed by atoms with Gasteiger partial charge in [-0.15, -0.1) is 0 Å². The van der Waals surface area contributed by atoms with Crippen LogP contribution in [0.2, 0.25) is 5.02 Å². The molecule has 0 aliphatic heterocycles. The Kier molecular flexibility index (Phi) is 4.52. The van der Waals surface area contributed by atoms with Gasteiger partial charge in [0.2, 0.25) is 5.91 Å². The summed E-state index contributed by atoms with van der Waals surface area (Å²) in [7, 11) is 1.67. The van der Waals surface area contributed by atoms with Crippen LogP contribution in [0.3, 0.4) is 0 Å². The Labute approximate surface area is 92.6 Å². The molecule has 15 heavy (non-hydrogen) atoms.